The van der Waals surface area contributed by atoms with Gasteiger partial charge in [0.25, 0.3) is 0 Å². The lowest BCUT2D eigenvalue weighted by Gasteiger charge is -2.10. The van der Waals surface area contributed by atoms with E-state index in [2.05, 4.69) is 10.3 Å². The summed E-state index contributed by atoms with van der Waals surface area (Å²) in [5.74, 6) is 0.0570. The number of amides is 1. The molecule has 0 atom stereocenters. The first-order chi connectivity index (χ1) is 9.56. The van der Waals surface area contributed by atoms with Crippen molar-refractivity contribution in [1.82, 2.24) is 4.98 Å². The molecule has 3 N–H and O–H groups in total. The number of nitrogens with one attached hydrogen (secondary N) is 1. The summed E-state index contributed by atoms with van der Waals surface area (Å²) in [4.78, 5) is 16.8. The molecule has 2 rings (SSSR count). The van der Waals surface area contributed by atoms with Crippen LogP contribution in [-0.2, 0) is 4.79 Å². The van der Waals surface area contributed by atoms with E-state index in [4.69, 9.17) is 28.9 Å². The summed E-state index contributed by atoms with van der Waals surface area (Å²) in [5, 5.41) is 3.31. The third-order valence-corrected chi connectivity index (χ3v) is 3.96. The standard InChI is InChI=1S/C13H11Cl2N3OS/c14-10-5-8(16)6-11(15)13(10)18-12(19)7-20-9-1-3-17-4-2-9/h1-6H,7,16H2,(H,18,19). The Morgan fingerprint density at radius 2 is 1.85 bits per heavy atom. The fourth-order valence-corrected chi connectivity index (χ4v) is 2.75. The highest BCUT2D eigenvalue weighted by atomic mass is 35.5. The van der Waals surface area contributed by atoms with Crippen LogP contribution in [0, 0.1) is 0 Å². The Morgan fingerprint density at radius 3 is 2.45 bits per heavy atom. The molecule has 0 aliphatic rings. The van der Waals surface area contributed by atoms with E-state index in [0.717, 1.165) is 4.90 Å². The highest BCUT2D eigenvalue weighted by Crippen LogP contribution is 2.33. The first-order valence-electron chi connectivity index (χ1n) is 5.63. The zero-order valence-corrected chi connectivity index (χ0v) is 12.6. The predicted octanol–water partition coefficient (Wildman–Crippen LogP) is 3.70. The topological polar surface area (TPSA) is 68.0 Å². The summed E-state index contributed by atoms with van der Waals surface area (Å²) in [7, 11) is 0. The number of anilines is 2. The molecule has 4 nitrogen and oxygen atoms in total. The number of pyridine rings is 1. The molecule has 0 saturated heterocycles. The van der Waals surface area contributed by atoms with Gasteiger partial charge in [-0.3, -0.25) is 9.78 Å². The van der Waals surface area contributed by atoms with Crippen molar-refractivity contribution in [2.24, 2.45) is 0 Å². The van der Waals surface area contributed by atoms with Crippen LogP contribution in [0.5, 0.6) is 0 Å². The summed E-state index contributed by atoms with van der Waals surface area (Å²) in [6.45, 7) is 0. The fraction of sp³-hybridized carbons (Fsp3) is 0.0769. The molecule has 1 aromatic heterocycles. The number of aromatic nitrogens is 1. The number of nitrogens with two attached hydrogens (primary N) is 1. The third-order valence-electron chi connectivity index (χ3n) is 2.35. The summed E-state index contributed by atoms with van der Waals surface area (Å²) in [6.07, 6.45) is 3.35. The molecule has 0 fully saturated rings. The van der Waals surface area contributed by atoms with Gasteiger partial charge in [-0.1, -0.05) is 23.2 Å². The van der Waals surface area contributed by atoms with Crippen LogP contribution >= 0.6 is 35.0 Å². The van der Waals surface area contributed by atoms with Gasteiger partial charge in [-0.05, 0) is 24.3 Å². The Hall–Kier alpha value is -1.43. The Balaban J connectivity index is 1.98. The summed E-state index contributed by atoms with van der Waals surface area (Å²) >= 11 is 13.4. The van der Waals surface area contributed by atoms with Crippen LogP contribution in [0.1, 0.15) is 0 Å². The van der Waals surface area contributed by atoms with Gasteiger partial charge in [0, 0.05) is 23.0 Å². The monoisotopic (exact) mass is 327 g/mol. The SMILES string of the molecule is Nc1cc(Cl)c(NC(=O)CSc2ccncc2)c(Cl)c1. The summed E-state index contributed by atoms with van der Waals surface area (Å²) in [5.41, 5.74) is 6.43. The number of hydrogen-bond acceptors (Lipinski definition) is 4. The van der Waals surface area contributed by atoms with Crippen LogP contribution in [0.3, 0.4) is 0 Å². The smallest absolute Gasteiger partial charge is 0.234 e. The molecule has 1 amide bonds. The van der Waals surface area contributed by atoms with E-state index in [9.17, 15) is 4.79 Å². The third kappa shape index (κ3) is 4.03. The van der Waals surface area contributed by atoms with Gasteiger partial charge < -0.3 is 11.1 Å². The number of hydrogen-bond donors (Lipinski definition) is 2. The molecule has 0 unspecified atom stereocenters. The average Bonchev–Trinajstić information content (AvgIpc) is 2.42. The Bertz CT molecular complexity index is 599. The van der Waals surface area contributed by atoms with Gasteiger partial charge in [0.15, 0.2) is 0 Å². The highest BCUT2D eigenvalue weighted by Gasteiger charge is 2.11. The van der Waals surface area contributed by atoms with Crippen LogP contribution in [0.2, 0.25) is 10.0 Å². The van der Waals surface area contributed by atoms with E-state index >= 15 is 0 Å². The number of carbonyl (C=O) groups is 1. The van der Waals surface area contributed by atoms with Gasteiger partial charge in [-0.15, -0.1) is 11.8 Å². The minimum absolute atomic E-state index is 0.194. The van der Waals surface area contributed by atoms with Gasteiger partial charge in [0.1, 0.15) is 0 Å². The van der Waals surface area contributed by atoms with E-state index < -0.39 is 0 Å². The molecule has 20 heavy (non-hydrogen) atoms. The van der Waals surface area contributed by atoms with E-state index in [1.807, 2.05) is 12.1 Å². The molecule has 104 valence electrons. The first kappa shape index (κ1) is 15.0. The lowest BCUT2D eigenvalue weighted by Crippen LogP contribution is -2.14. The number of thioether (sulfide) groups is 1. The molecule has 0 saturated carbocycles. The minimum atomic E-state index is -0.194. The zero-order valence-electron chi connectivity index (χ0n) is 10.3. The lowest BCUT2D eigenvalue weighted by atomic mass is 10.3. The summed E-state index contributed by atoms with van der Waals surface area (Å²) < 4.78 is 0. The van der Waals surface area contributed by atoms with E-state index in [-0.39, 0.29) is 11.7 Å². The molecule has 0 radical (unpaired) electrons. The number of nitrogens with zero attached hydrogens (tertiary/aromatic N) is 1. The van der Waals surface area contributed by atoms with Gasteiger partial charge in [-0.25, -0.2) is 0 Å². The molecule has 7 heteroatoms. The van der Waals surface area contributed by atoms with Gasteiger partial charge in [0.05, 0.1) is 21.5 Å². The fourth-order valence-electron chi connectivity index (χ4n) is 1.47. The van der Waals surface area contributed by atoms with E-state index in [1.165, 1.54) is 11.8 Å². The summed E-state index contributed by atoms with van der Waals surface area (Å²) in [6, 6.07) is 6.75. The number of carbonyl (C=O) groups excluding carboxylic acids is 1. The first-order valence-corrected chi connectivity index (χ1v) is 7.37. The van der Waals surface area contributed by atoms with Crippen molar-refractivity contribution >= 4 is 52.2 Å². The zero-order chi connectivity index (χ0) is 14.5. The second-order valence-corrected chi connectivity index (χ2v) is 5.74. The molecule has 1 heterocycles. The number of halogens is 2. The van der Waals surface area contributed by atoms with Gasteiger partial charge in [-0.2, -0.15) is 0 Å². The van der Waals surface area contributed by atoms with E-state index in [1.54, 1.807) is 24.5 Å². The largest absolute Gasteiger partial charge is 0.399 e. The van der Waals surface area contributed by atoms with Crippen molar-refractivity contribution < 1.29 is 4.79 Å². The van der Waals surface area contributed by atoms with Crippen LogP contribution in [0.15, 0.2) is 41.6 Å². The van der Waals surface area contributed by atoms with Crippen molar-refractivity contribution in [2.75, 3.05) is 16.8 Å². The Morgan fingerprint density at radius 1 is 1.25 bits per heavy atom. The van der Waals surface area contributed by atoms with Crippen LogP contribution in [0.4, 0.5) is 11.4 Å². The number of rotatable bonds is 4. The van der Waals surface area contributed by atoms with Gasteiger partial charge in [0.2, 0.25) is 5.91 Å². The normalized spacial score (nSPS) is 10.3. The maximum Gasteiger partial charge on any atom is 0.234 e. The molecular weight excluding hydrogens is 317 g/mol. The predicted molar refractivity (Wildman–Crippen MR) is 84.5 cm³/mol. The van der Waals surface area contributed by atoms with Crippen molar-refractivity contribution in [3.63, 3.8) is 0 Å². The van der Waals surface area contributed by atoms with Crippen LogP contribution in [-0.4, -0.2) is 16.6 Å². The van der Waals surface area contributed by atoms with E-state index in [0.29, 0.717) is 21.4 Å². The van der Waals surface area contributed by atoms with Gasteiger partial charge >= 0.3 is 0 Å². The molecule has 0 aliphatic heterocycles. The Kier molecular flexibility index (Phi) is 5.11. The lowest BCUT2D eigenvalue weighted by molar-refractivity contribution is -0.113. The molecular formula is C13H11Cl2N3OS. The minimum Gasteiger partial charge on any atom is -0.399 e. The quantitative estimate of drug-likeness (QED) is 0.663. The number of benzene rings is 1. The molecule has 0 spiro atoms. The average molecular weight is 328 g/mol. The maximum atomic E-state index is 11.9. The maximum absolute atomic E-state index is 11.9. The van der Waals surface area contributed by atoms with Crippen LogP contribution < -0.4 is 11.1 Å². The second kappa shape index (κ2) is 6.83. The second-order valence-electron chi connectivity index (χ2n) is 3.88. The number of nitrogen functional groups attached to an aromatic ring is 1. The molecule has 1 aromatic carbocycles. The van der Waals surface area contributed by atoms with Crippen LogP contribution in [0.25, 0.3) is 0 Å². The van der Waals surface area contributed by atoms with Crippen molar-refractivity contribution in [1.29, 1.82) is 0 Å². The molecule has 2 aromatic rings. The van der Waals surface area contributed by atoms with Crippen molar-refractivity contribution in [3.05, 3.63) is 46.7 Å². The van der Waals surface area contributed by atoms with Crippen molar-refractivity contribution in [2.45, 2.75) is 4.90 Å². The molecule has 0 bridgehead atoms. The molecule has 0 aliphatic carbocycles. The highest BCUT2D eigenvalue weighted by molar-refractivity contribution is 8.00. The Labute approximate surface area is 130 Å². The van der Waals surface area contributed by atoms with Crippen molar-refractivity contribution in [3.8, 4) is 0 Å².